The van der Waals surface area contributed by atoms with E-state index in [0.717, 1.165) is 15.1 Å². The van der Waals surface area contributed by atoms with Gasteiger partial charge in [0.1, 0.15) is 17.7 Å². The number of thiophene rings is 1. The van der Waals surface area contributed by atoms with Crippen molar-refractivity contribution in [2.45, 2.75) is 25.5 Å². The highest BCUT2D eigenvalue weighted by atomic mass is 79.9. The summed E-state index contributed by atoms with van der Waals surface area (Å²) in [5, 5.41) is 0.0404. The van der Waals surface area contributed by atoms with Gasteiger partial charge < -0.3 is 10.5 Å². The smallest absolute Gasteiger partial charge is 0.148 e. The molecule has 108 valence electrons. The van der Waals surface area contributed by atoms with Gasteiger partial charge in [0.2, 0.25) is 0 Å². The molecule has 2 aromatic rings. The van der Waals surface area contributed by atoms with E-state index in [9.17, 15) is 4.39 Å². The van der Waals surface area contributed by atoms with E-state index in [0.29, 0.717) is 5.75 Å². The Kier molecular flexibility index (Phi) is 5.43. The van der Waals surface area contributed by atoms with Crippen LogP contribution in [0, 0.1) is 5.82 Å². The molecule has 0 spiro atoms. The van der Waals surface area contributed by atoms with Crippen molar-refractivity contribution >= 4 is 38.9 Å². The van der Waals surface area contributed by atoms with E-state index in [-0.39, 0.29) is 17.2 Å². The van der Waals surface area contributed by atoms with Gasteiger partial charge in [0, 0.05) is 17.0 Å². The van der Waals surface area contributed by atoms with E-state index < -0.39 is 5.82 Å². The Bertz CT molecular complexity index is 592. The van der Waals surface area contributed by atoms with Crippen LogP contribution in [0.2, 0.25) is 5.02 Å². The molecule has 0 aliphatic heterocycles. The summed E-state index contributed by atoms with van der Waals surface area (Å²) in [5.41, 5.74) is 6.13. The Morgan fingerprint density at radius 1 is 1.40 bits per heavy atom. The molecule has 2 rings (SSSR count). The SMILES string of the molecule is CCC(N)C(Oc1ccc(F)c(Cl)c1)c1ccc(Br)s1. The Balaban J connectivity index is 2.25. The Morgan fingerprint density at radius 2 is 2.15 bits per heavy atom. The fraction of sp³-hybridized carbons (Fsp3) is 0.286. The summed E-state index contributed by atoms with van der Waals surface area (Å²) in [7, 11) is 0. The predicted molar refractivity (Wildman–Crippen MR) is 85.1 cm³/mol. The van der Waals surface area contributed by atoms with Gasteiger partial charge in [-0.1, -0.05) is 18.5 Å². The van der Waals surface area contributed by atoms with Crippen molar-refractivity contribution in [1.82, 2.24) is 0 Å². The number of hydrogen-bond donors (Lipinski definition) is 1. The topological polar surface area (TPSA) is 35.2 Å². The fourth-order valence-electron chi connectivity index (χ4n) is 1.75. The van der Waals surface area contributed by atoms with Gasteiger partial charge in [0.25, 0.3) is 0 Å². The zero-order valence-corrected chi connectivity index (χ0v) is 13.9. The molecule has 20 heavy (non-hydrogen) atoms. The Hall–Kier alpha value is -0.620. The van der Waals surface area contributed by atoms with Gasteiger partial charge in [0.15, 0.2) is 0 Å². The average Bonchev–Trinajstić information content (AvgIpc) is 2.85. The molecular formula is C14H14BrClFNOS. The summed E-state index contributed by atoms with van der Waals surface area (Å²) in [4.78, 5) is 1.02. The quantitative estimate of drug-likeness (QED) is 0.780. The van der Waals surface area contributed by atoms with Crippen molar-refractivity contribution in [2.24, 2.45) is 5.73 Å². The lowest BCUT2D eigenvalue weighted by Gasteiger charge is -2.23. The number of benzene rings is 1. The first kappa shape index (κ1) is 15.8. The molecule has 2 unspecified atom stereocenters. The minimum absolute atomic E-state index is 0.0404. The molecular weight excluding hydrogens is 365 g/mol. The van der Waals surface area contributed by atoms with E-state index in [2.05, 4.69) is 15.9 Å². The van der Waals surface area contributed by atoms with Crippen LogP contribution in [0.25, 0.3) is 0 Å². The highest BCUT2D eigenvalue weighted by Crippen LogP contribution is 2.33. The van der Waals surface area contributed by atoms with Crippen molar-refractivity contribution in [3.8, 4) is 5.75 Å². The molecule has 1 aromatic heterocycles. The summed E-state index contributed by atoms with van der Waals surface area (Å²) < 4.78 is 20.1. The van der Waals surface area contributed by atoms with Gasteiger partial charge in [-0.15, -0.1) is 11.3 Å². The molecule has 0 saturated heterocycles. The summed E-state index contributed by atoms with van der Waals surface area (Å²) >= 11 is 10.8. The van der Waals surface area contributed by atoms with Crippen molar-refractivity contribution in [1.29, 1.82) is 0 Å². The van der Waals surface area contributed by atoms with Gasteiger partial charge in [0.05, 0.1) is 8.81 Å². The standard InChI is InChI=1S/C14H14BrClFNOS/c1-2-11(18)14(12-5-6-13(15)20-12)19-8-3-4-10(17)9(16)7-8/h3-7,11,14H,2,18H2,1H3. The van der Waals surface area contributed by atoms with Crippen LogP contribution in [0.15, 0.2) is 34.1 Å². The molecule has 0 bridgehead atoms. The highest BCUT2D eigenvalue weighted by Gasteiger charge is 2.22. The maximum absolute atomic E-state index is 13.2. The van der Waals surface area contributed by atoms with Crippen molar-refractivity contribution in [3.05, 3.63) is 49.8 Å². The lowest BCUT2D eigenvalue weighted by Crippen LogP contribution is -2.30. The monoisotopic (exact) mass is 377 g/mol. The van der Waals surface area contributed by atoms with Gasteiger partial charge in [-0.2, -0.15) is 0 Å². The second kappa shape index (κ2) is 6.89. The van der Waals surface area contributed by atoms with Crippen LogP contribution in [0.3, 0.4) is 0 Å². The van der Waals surface area contributed by atoms with Crippen LogP contribution in [0.1, 0.15) is 24.3 Å². The lowest BCUT2D eigenvalue weighted by molar-refractivity contribution is 0.174. The van der Waals surface area contributed by atoms with Gasteiger partial charge in [-0.3, -0.25) is 0 Å². The van der Waals surface area contributed by atoms with Crippen LogP contribution in [-0.4, -0.2) is 6.04 Å². The first-order valence-corrected chi connectivity index (χ1v) is 8.12. The van der Waals surface area contributed by atoms with E-state index in [1.165, 1.54) is 12.1 Å². The third kappa shape index (κ3) is 3.73. The fourth-order valence-corrected chi connectivity index (χ4v) is 3.45. The summed E-state index contributed by atoms with van der Waals surface area (Å²) in [6, 6.07) is 8.09. The molecule has 2 nitrogen and oxygen atoms in total. The maximum atomic E-state index is 13.2. The lowest BCUT2D eigenvalue weighted by atomic mass is 10.1. The van der Waals surface area contributed by atoms with Crippen molar-refractivity contribution in [2.75, 3.05) is 0 Å². The molecule has 0 aliphatic rings. The molecule has 0 amide bonds. The summed E-state index contributed by atoms with van der Waals surface area (Å²) in [6.07, 6.45) is 0.493. The van der Waals surface area contributed by atoms with Crippen LogP contribution >= 0.6 is 38.9 Å². The first-order chi connectivity index (χ1) is 9.51. The molecule has 2 N–H and O–H groups in total. The van der Waals surface area contributed by atoms with Crippen LogP contribution < -0.4 is 10.5 Å². The molecule has 6 heteroatoms. The normalized spacial score (nSPS) is 14.1. The molecule has 2 atom stereocenters. The minimum atomic E-state index is -0.464. The van der Waals surface area contributed by atoms with E-state index in [1.54, 1.807) is 17.4 Å². The third-order valence-corrected chi connectivity index (χ3v) is 4.86. The van der Waals surface area contributed by atoms with E-state index in [1.807, 2.05) is 19.1 Å². The summed E-state index contributed by atoms with van der Waals surface area (Å²) in [5.74, 6) is 0.0454. The number of ether oxygens (including phenoxy) is 1. The maximum Gasteiger partial charge on any atom is 0.148 e. The van der Waals surface area contributed by atoms with Gasteiger partial charge >= 0.3 is 0 Å². The van der Waals surface area contributed by atoms with Gasteiger partial charge in [-0.05, 0) is 46.6 Å². The Labute approximate surface area is 134 Å². The van der Waals surface area contributed by atoms with Gasteiger partial charge in [-0.25, -0.2) is 4.39 Å². The average molecular weight is 379 g/mol. The largest absolute Gasteiger partial charge is 0.483 e. The van der Waals surface area contributed by atoms with Crippen molar-refractivity contribution in [3.63, 3.8) is 0 Å². The second-order valence-corrected chi connectivity index (χ2v) is 7.23. The molecule has 1 heterocycles. The third-order valence-electron chi connectivity index (χ3n) is 2.89. The predicted octanol–water partition coefficient (Wildman–Crippen LogP) is 5.16. The summed E-state index contributed by atoms with van der Waals surface area (Å²) in [6.45, 7) is 2.00. The zero-order chi connectivity index (χ0) is 14.7. The number of nitrogens with two attached hydrogens (primary N) is 1. The van der Waals surface area contributed by atoms with Crippen molar-refractivity contribution < 1.29 is 9.13 Å². The van der Waals surface area contributed by atoms with E-state index >= 15 is 0 Å². The first-order valence-electron chi connectivity index (χ1n) is 6.13. The second-order valence-electron chi connectivity index (χ2n) is 4.33. The zero-order valence-electron chi connectivity index (χ0n) is 10.8. The molecule has 0 fully saturated rings. The van der Waals surface area contributed by atoms with Crippen LogP contribution in [0.5, 0.6) is 5.75 Å². The molecule has 0 radical (unpaired) electrons. The molecule has 0 aliphatic carbocycles. The number of rotatable bonds is 5. The number of hydrogen-bond acceptors (Lipinski definition) is 3. The highest BCUT2D eigenvalue weighted by molar-refractivity contribution is 9.11. The minimum Gasteiger partial charge on any atom is -0.483 e. The van der Waals surface area contributed by atoms with E-state index in [4.69, 9.17) is 22.1 Å². The molecule has 1 aromatic carbocycles. The van der Waals surface area contributed by atoms with Crippen LogP contribution in [0.4, 0.5) is 4.39 Å². The molecule has 0 saturated carbocycles. The van der Waals surface area contributed by atoms with Crippen LogP contribution in [-0.2, 0) is 0 Å². The Morgan fingerprint density at radius 3 is 2.70 bits per heavy atom. The number of halogens is 3.